The van der Waals surface area contributed by atoms with E-state index in [0.717, 1.165) is 24.2 Å². The van der Waals surface area contributed by atoms with E-state index in [2.05, 4.69) is 23.7 Å². The normalized spacial score (nSPS) is 9.20. The molecule has 0 atom stereocenters. The molecule has 1 aromatic heterocycles. The summed E-state index contributed by atoms with van der Waals surface area (Å²) in [6, 6.07) is 1.82. The monoisotopic (exact) mass is 205 g/mol. The molecular formula is C12H15NO2. The largest absolute Gasteiger partial charge is 0.492 e. The molecule has 0 radical (unpaired) electrons. The Morgan fingerprint density at radius 3 is 3.07 bits per heavy atom. The van der Waals surface area contributed by atoms with Gasteiger partial charge < -0.3 is 9.84 Å². The minimum absolute atomic E-state index is 0.138. The van der Waals surface area contributed by atoms with Crippen molar-refractivity contribution < 1.29 is 9.84 Å². The van der Waals surface area contributed by atoms with Crippen LogP contribution < -0.4 is 4.74 Å². The number of aliphatic hydroxyl groups is 1. The Balaban J connectivity index is 2.57. The van der Waals surface area contributed by atoms with Gasteiger partial charge in [0.2, 0.25) is 0 Å². The molecule has 3 nitrogen and oxygen atoms in total. The molecule has 0 saturated heterocycles. The molecule has 0 unspecified atom stereocenters. The Morgan fingerprint density at radius 1 is 1.47 bits per heavy atom. The van der Waals surface area contributed by atoms with Crippen molar-refractivity contribution in [3.63, 3.8) is 0 Å². The fraction of sp³-hybridized carbons (Fsp3) is 0.417. The SMILES string of the molecule is CCCCOc1cncc(C#CCO)c1. The van der Waals surface area contributed by atoms with Crippen molar-refractivity contribution in [2.75, 3.05) is 13.2 Å². The highest BCUT2D eigenvalue weighted by Crippen LogP contribution is 2.10. The highest BCUT2D eigenvalue weighted by molar-refractivity contribution is 5.36. The second-order valence-corrected chi connectivity index (χ2v) is 3.07. The van der Waals surface area contributed by atoms with Crippen LogP contribution in [0.5, 0.6) is 5.75 Å². The van der Waals surface area contributed by atoms with Crippen LogP contribution in [0.1, 0.15) is 25.3 Å². The zero-order valence-corrected chi connectivity index (χ0v) is 8.86. The van der Waals surface area contributed by atoms with E-state index in [0.29, 0.717) is 6.61 Å². The number of unbranched alkanes of at least 4 members (excludes halogenated alkanes) is 1. The highest BCUT2D eigenvalue weighted by atomic mass is 16.5. The summed E-state index contributed by atoms with van der Waals surface area (Å²) in [6.45, 7) is 2.68. The van der Waals surface area contributed by atoms with E-state index in [4.69, 9.17) is 9.84 Å². The first-order valence-corrected chi connectivity index (χ1v) is 5.04. The van der Waals surface area contributed by atoms with Crippen LogP contribution in [-0.2, 0) is 0 Å². The minimum Gasteiger partial charge on any atom is -0.492 e. The molecule has 0 bridgehead atoms. The fourth-order valence-corrected chi connectivity index (χ4v) is 1.04. The molecule has 1 N–H and O–H groups in total. The van der Waals surface area contributed by atoms with Gasteiger partial charge in [-0.2, -0.15) is 0 Å². The van der Waals surface area contributed by atoms with Crippen LogP contribution in [0.3, 0.4) is 0 Å². The predicted molar refractivity (Wildman–Crippen MR) is 58.6 cm³/mol. The number of aromatic nitrogens is 1. The first-order valence-electron chi connectivity index (χ1n) is 5.04. The average Bonchev–Trinajstić information content (AvgIpc) is 2.27. The molecule has 0 aliphatic rings. The zero-order chi connectivity index (χ0) is 10.9. The summed E-state index contributed by atoms with van der Waals surface area (Å²) in [6.07, 6.45) is 5.46. The molecule has 0 spiro atoms. The molecule has 80 valence electrons. The highest BCUT2D eigenvalue weighted by Gasteiger charge is 1.95. The maximum Gasteiger partial charge on any atom is 0.138 e. The minimum atomic E-state index is -0.138. The van der Waals surface area contributed by atoms with Crippen molar-refractivity contribution in [3.8, 4) is 17.6 Å². The van der Waals surface area contributed by atoms with E-state index in [9.17, 15) is 0 Å². The molecule has 0 aliphatic heterocycles. The summed E-state index contributed by atoms with van der Waals surface area (Å²) in [5.74, 6) is 6.08. The van der Waals surface area contributed by atoms with Crippen LogP contribution in [-0.4, -0.2) is 23.3 Å². The lowest BCUT2D eigenvalue weighted by atomic mass is 10.3. The average molecular weight is 205 g/mol. The topological polar surface area (TPSA) is 42.4 Å². The van der Waals surface area contributed by atoms with Crippen LogP contribution in [0.4, 0.5) is 0 Å². The summed E-state index contributed by atoms with van der Waals surface area (Å²) < 4.78 is 5.47. The van der Waals surface area contributed by atoms with Gasteiger partial charge in [-0.3, -0.25) is 4.98 Å². The van der Waals surface area contributed by atoms with Gasteiger partial charge in [-0.15, -0.1) is 0 Å². The number of hydrogen-bond donors (Lipinski definition) is 1. The molecule has 1 heterocycles. The zero-order valence-electron chi connectivity index (χ0n) is 8.86. The molecule has 0 aromatic carbocycles. The van der Waals surface area contributed by atoms with Gasteiger partial charge in [-0.1, -0.05) is 25.2 Å². The number of rotatable bonds is 4. The van der Waals surface area contributed by atoms with Crippen LogP contribution in [0.15, 0.2) is 18.5 Å². The summed E-state index contributed by atoms with van der Waals surface area (Å²) >= 11 is 0. The van der Waals surface area contributed by atoms with Gasteiger partial charge in [-0.25, -0.2) is 0 Å². The van der Waals surface area contributed by atoms with E-state index < -0.39 is 0 Å². The molecule has 0 aliphatic carbocycles. The lowest BCUT2D eigenvalue weighted by Crippen LogP contribution is -1.97. The Kier molecular flexibility index (Phi) is 5.28. The maximum absolute atomic E-state index is 8.54. The standard InChI is InChI=1S/C12H15NO2/c1-2-3-7-15-12-8-11(5-4-6-14)9-13-10-12/h8-10,14H,2-3,6-7H2,1H3. The van der Waals surface area contributed by atoms with Gasteiger partial charge in [0, 0.05) is 11.8 Å². The Bertz CT molecular complexity index is 352. The molecule has 0 fully saturated rings. The molecular weight excluding hydrogens is 190 g/mol. The van der Waals surface area contributed by atoms with E-state index in [1.807, 2.05) is 6.07 Å². The van der Waals surface area contributed by atoms with Crippen molar-refractivity contribution in [2.24, 2.45) is 0 Å². The van der Waals surface area contributed by atoms with Crippen molar-refractivity contribution in [1.29, 1.82) is 0 Å². The lowest BCUT2D eigenvalue weighted by Gasteiger charge is -2.04. The van der Waals surface area contributed by atoms with E-state index >= 15 is 0 Å². The van der Waals surface area contributed by atoms with Crippen molar-refractivity contribution in [2.45, 2.75) is 19.8 Å². The third kappa shape index (κ3) is 4.48. The number of pyridine rings is 1. The van der Waals surface area contributed by atoms with E-state index in [1.54, 1.807) is 12.4 Å². The number of hydrogen-bond acceptors (Lipinski definition) is 3. The first kappa shape index (κ1) is 11.5. The molecule has 0 saturated carbocycles. The predicted octanol–water partition coefficient (Wildman–Crippen LogP) is 1.60. The summed E-state index contributed by atoms with van der Waals surface area (Å²) in [5, 5.41) is 8.54. The van der Waals surface area contributed by atoms with Gasteiger partial charge >= 0.3 is 0 Å². The summed E-state index contributed by atoms with van der Waals surface area (Å²) in [4.78, 5) is 4.01. The number of nitrogens with zero attached hydrogens (tertiary/aromatic N) is 1. The van der Waals surface area contributed by atoms with E-state index in [1.165, 1.54) is 0 Å². The van der Waals surface area contributed by atoms with Crippen molar-refractivity contribution in [3.05, 3.63) is 24.0 Å². The Morgan fingerprint density at radius 2 is 2.33 bits per heavy atom. The Hall–Kier alpha value is -1.53. The van der Waals surface area contributed by atoms with Crippen LogP contribution in [0, 0.1) is 11.8 Å². The second-order valence-electron chi connectivity index (χ2n) is 3.07. The van der Waals surface area contributed by atoms with Crippen molar-refractivity contribution in [1.82, 2.24) is 4.98 Å². The van der Waals surface area contributed by atoms with Gasteiger partial charge in [0.05, 0.1) is 12.8 Å². The van der Waals surface area contributed by atoms with Crippen LogP contribution in [0.2, 0.25) is 0 Å². The van der Waals surface area contributed by atoms with Gasteiger partial charge in [0.15, 0.2) is 0 Å². The third-order valence-electron chi connectivity index (χ3n) is 1.79. The van der Waals surface area contributed by atoms with Gasteiger partial charge in [0.1, 0.15) is 12.4 Å². The molecule has 1 rings (SSSR count). The van der Waals surface area contributed by atoms with Crippen LogP contribution in [0.25, 0.3) is 0 Å². The smallest absolute Gasteiger partial charge is 0.138 e. The Labute approximate surface area is 90.1 Å². The first-order chi connectivity index (χ1) is 7.36. The number of aliphatic hydroxyl groups excluding tert-OH is 1. The van der Waals surface area contributed by atoms with Gasteiger partial charge in [0.25, 0.3) is 0 Å². The summed E-state index contributed by atoms with van der Waals surface area (Å²) in [5.41, 5.74) is 0.762. The molecule has 3 heteroatoms. The number of ether oxygens (including phenoxy) is 1. The lowest BCUT2D eigenvalue weighted by molar-refractivity contribution is 0.308. The fourth-order valence-electron chi connectivity index (χ4n) is 1.04. The maximum atomic E-state index is 8.54. The van der Waals surface area contributed by atoms with Gasteiger partial charge in [-0.05, 0) is 12.5 Å². The molecule has 15 heavy (non-hydrogen) atoms. The molecule has 0 amide bonds. The van der Waals surface area contributed by atoms with Crippen molar-refractivity contribution >= 4 is 0 Å². The summed E-state index contributed by atoms with van der Waals surface area (Å²) in [7, 11) is 0. The quantitative estimate of drug-likeness (QED) is 0.599. The third-order valence-corrected chi connectivity index (χ3v) is 1.79. The van der Waals surface area contributed by atoms with E-state index in [-0.39, 0.29) is 6.61 Å². The molecule has 1 aromatic rings. The second kappa shape index (κ2) is 6.86. The van der Waals surface area contributed by atoms with Crippen LogP contribution >= 0.6 is 0 Å².